The van der Waals surface area contributed by atoms with Gasteiger partial charge < -0.3 is 10.1 Å². The van der Waals surface area contributed by atoms with Gasteiger partial charge in [0.05, 0.1) is 29.0 Å². The highest BCUT2D eigenvalue weighted by Gasteiger charge is 2.15. The highest BCUT2D eigenvalue weighted by Crippen LogP contribution is 2.23. The predicted octanol–water partition coefficient (Wildman–Crippen LogP) is 4.82. The summed E-state index contributed by atoms with van der Waals surface area (Å²) >= 11 is 1.23. The van der Waals surface area contributed by atoms with Gasteiger partial charge >= 0.3 is 0 Å². The molecule has 1 aromatic heterocycles. The lowest BCUT2D eigenvalue weighted by Crippen LogP contribution is -2.23. The fraction of sp³-hybridized carbons (Fsp3) is 0.160. The Labute approximate surface area is 190 Å². The Morgan fingerprint density at radius 1 is 1.03 bits per heavy atom. The van der Waals surface area contributed by atoms with E-state index in [-0.39, 0.29) is 17.2 Å². The molecule has 0 bridgehead atoms. The highest BCUT2D eigenvalue weighted by atomic mass is 32.2. The van der Waals surface area contributed by atoms with Crippen LogP contribution in [0.5, 0.6) is 5.75 Å². The molecular weight excluding hydrogens is 422 g/mol. The highest BCUT2D eigenvalue weighted by molar-refractivity contribution is 7.99. The van der Waals surface area contributed by atoms with E-state index in [1.54, 1.807) is 16.7 Å². The molecule has 1 N–H and O–H groups in total. The number of nitrogens with one attached hydrogen (secondary N) is 1. The summed E-state index contributed by atoms with van der Waals surface area (Å²) in [5, 5.41) is 3.90. The average Bonchev–Trinajstić information content (AvgIpc) is 2.80. The van der Waals surface area contributed by atoms with E-state index in [0.29, 0.717) is 28.4 Å². The van der Waals surface area contributed by atoms with Crippen LogP contribution in [-0.4, -0.2) is 27.8 Å². The zero-order chi connectivity index (χ0) is 22.5. The van der Waals surface area contributed by atoms with Crippen LogP contribution < -0.4 is 15.6 Å². The third kappa shape index (κ3) is 4.68. The SMILES string of the molecule is CCOc1ccc(-n2c(SCC(=O)Nc3ccccc3C)nc3ccccc3c2=O)cc1. The topological polar surface area (TPSA) is 73.2 Å². The standard InChI is InChI=1S/C25H23N3O3S/c1-3-31-19-14-12-18(13-15-19)28-24(30)20-9-5-7-11-22(20)27-25(28)32-16-23(29)26-21-10-6-4-8-17(21)2/h4-15H,3,16H2,1-2H3,(H,26,29). The third-order valence-electron chi connectivity index (χ3n) is 4.90. The first kappa shape index (κ1) is 21.6. The molecule has 6 nitrogen and oxygen atoms in total. The minimum absolute atomic E-state index is 0.121. The number of fused-ring (bicyclic) bond motifs is 1. The van der Waals surface area contributed by atoms with E-state index in [4.69, 9.17) is 4.74 Å². The first-order valence-electron chi connectivity index (χ1n) is 10.3. The second-order valence-corrected chi connectivity index (χ2v) is 8.07. The maximum atomic E-state index is 13.3. The summed E-state index contributed by atoms with van der Waals surface area (Å²) in [4.78, 5) is 30.6. The maximum Gasteiger partial charge on any atom is 0.266 e. The Morgan fingerprint density at radius 2 is 1.75 bits per heavy atom. The number of aromatic nitrogens is 2. The van der Waals surface area contributed by atoms with E-state index in [1.165, 1.54) is 11.8 Å². The molecule has 0 spiro atoms. The van der Waals surface area contributed by atoms with Crippen LogP contribution in [-0.2, 0) is 4.79 Å². The second-order valence-electron chi connectivity index (χ2n) is 7.13. The zero-order valence-electron chi connectivity index (χ0n) is 17.9. The molecule has 0 aliphatic rings. The first-order chi connectivity index (χ1) is 15.6. The van der Waals surface area contributed by atoms with Crippen molar-refractivity contribution in [1.29, 1.82) is 0 Å². The number of para-hydroxylation sites is 2. The first-order valence-corrected chi connectivity index (χ1v) is 11.3. The van der Waals surface area contributed by atoms with Gasteiger partial charge in [0, 0.05) is 5.69 Å². The van der Waals surface area contributed by atoms with Crippen LogP contribution in [0.15, 0.2) is 82.7 Å². The van der Waals surface area contributed by atoms with Gasteiger partial charge in [-0.05, 0) is 61.9 Å². The molecule has 7 heteroatoms. The van der Waals surface area contributed by atoms with Crippen molar-refractivity contribution in [2.75, 3.05) is 17.7 Å². The average molecular weight is 446 g/mol. The van der Waals surface area contributed by atoms with Crippen molar-refractivity contribution < 1.29 is 9.53 Å². The van der Waals surface area contributed by atoms with E-state index in [1.807, 2.05) is 74.5 Å². The number of aryl methyl sites for hydroxylation is 1. The van der Waals surface area contributed by atoms with E-state index < -0.39 is 0 Å². The van der Waals surface area contributed by atoms with E-state index >= 15 is 0 Å². The van der Waals surface area contributed by atoms with Crippen LogP contribution >= 0.6 is 11.8 Å². The Morgan fingerprint density at radius 3 is 2.50 bits per heavy atom. The molecule has 3 aromatic carbocycles. The van der Waals surface area contributed by atoms with Crippen molar-refractivity contribution in [3.05, 3.63) is 88.7 Å². The summed E-state index contributed by atoms with van der Waals surface area (Å²) in [5.41, 5.74) is 2.84. The maximum absolute atomic E-state index is 13.3. The quantitative estimate of drug-likeness (QED) is 0.326. The van der Waals surface area contributed by atoms with Gasteiger partial charge in [-0.3, -0.25) is 14.2 Å². The number of thioether (sulfide) groups is 1. The summed E-state index contributed by atoms with van der Waals surface area (Å²) in [7, 11) is 0. The second kappa shape index (κ2) is 9.70. The van der Waals surface area contributed by atoms with Crippen LogP contribution in [0.3, 0.4) is 0 Å². The molecule has 0 unspecified atom stereocenters. The number of anilines is 1. The van der Waals surface area contributed by atoms with Gasteiger partial charge in [-0.15, -0.1) is 0 Å². The van der Waals surface area contributed by atoms with Crippen LogP contribution in [0.4, 0.5) is 5.69 Å². The molecular formula is C25H23N3O3S. The summed E-state index contributed by atoms with van der Waals surface area (Å²) < 4.78 is 7.06. The lowest BCUT2D eigenvalue weighted by molar-refractivity contribution is -0.113. The summed E-state index contributed by atoms with van der Waals surface area (Å²) in [5.74, 6) is 0.686. The zero-order valence-corrected chi connectivity index (χ0v) is 18.7. The molecule has 32 heavy (non-hydrogen) atoms. The van der Waals surface area contributed by atoms with Crippen molar-refractivity contribution in [3.63, 3.8) is 0 Å². The van der Waals surface area contributed by atoms with Crippen molar-refractivity contribution in [3.8, 4) is 11.4 Å². The molecule has 0 radical (unpaired) electrons. The summed E-state index contributed by atoms with van der Waals surface area (Å²) in [6.07, 6.45) is 0. The van der Waals surface area contributed by atoms with Crippen LogP contribution in [0.1, 0.15) is 12.5 Å². The summed E-state index contributed by atoms with van der Waals surface area (Å²) in [6, 6.07) is 22.1. The van der Waals surface area contributed by atoms with Gasteiger partial charge in [0.15, 0.2) is 5.16 Å². The number of benzene rings is 3. The van der Waals surface area contributed by atoms with Gasteiger partial charge in [-0.2, -0.15) is 0 Å². The van der Waals surface area contributed by atoms with Gasteiger partial charge in [0.25, 0.3) is 5.56 Å². The largest absolute Gasteiger partial charge is 0.494 e. The summed E-state index contributed by atoms with van der Waals surface area (Å²) in [6.45, 7) is 4.42. The minimum Gasteiger partial charge on any atom is -0.494 e. The number of hydrogen-bond donors (Lipinski definition) is 1. The van der Waals surface area contributed by atoms with E-state index in [9.17, 15) is 9.59 Å². The van der Waals surface area contributed by atoms with Gasteiger partial charge in [0.2, 0.25) is 5.91 Å². The van der Waals surface area contributed by atoms with Gasteiger partial charge in [0.1, 0.15) is 5.75 Å². The Kier molecular flexibility index (Phi) is 6.56. The number of amides is 1. The molecule has 1 amide bonds. The molecule has 0 saturated heterocycles. The number of nitrogens with zero attached hydrogens (tertiary/aromatic N) is 2. The van der Waals surface area contributed by atoms with Crippen molar-refractivity contribution in [1.82, 2.24) is 9.55 Å². The number of carbonyl (C=O) groups excluding carboxylic acids is 1. The van der Waals surface area contributed by atoms with Gasteiger partial charge in [-0.25, -0.2) is 4.98 Å². The lowest BCUT2D eigenvalue weighted by Gasteiger charge is -2.14. The predicted molar refractivity (Wildman–Crippen MR) is 129 cm³/mol. The van der Waals surface area contributed by atoms with Crippen LogP contribution in [0, 0.1) is 6.92 Å². The van der Waals surface area contributed by atoms with Crippen LogP contribution in [0.2, 0.25) is 0 Å². The number of hydrogen-bond acceptors (Lipinski definition) is 5. The van der Waals surface area contributed by atoms with Crippen molar-refractivity contribution >= 4 is 34.3 Å². The van der Waals surface area contributed by atoms with Crippen molar-refractivity contribution in [2.24, 2.45) is 0 Å². The molecule has 4 rings (SSSR count). The van der Waals surface area contributed by atoms with Gasteiger partial charge in [-0.1, -0.05) is 42.1 Å². The van der Waals surface area contributed by atoms with E-state index in [2.05, 4.69) is 10.3 Å². The lowest BCUT2D eigenvalue weighted by atomic mass is 10.2. The van der Waals surface area contributed by atoms with Crippen molar-refractivity contribution in [2.45, 2.75) is 19.0 Å². The van der Waals surface area contributed by atoms with E-state index in [0.717, 1.165) is 17.0 Å². The molecule has 4 aromatic rings. The third-order valence-corrected chi connectivity index (χ3v) is 5.84. The Hall–Kier alpha value is -3.58. The molecule has 0 aliphatic heterocycles. The fourth-order valence-corrected chi connectivity index (χ4v) is 4.14. The monoisotopic (exact) mass is 445 g/mol. The molecule has 162 valence electrons. The molecule has 0 saturated carbocycles. The fourth-order valence-electron chi connectivity index (χ4n) is 3.32. The molecule has 1 heterocycles. The minimum atomic E-state index is -0.179. The molecule has 0 aliphatic carbocycles. The molecule has 0 fully saturated rings. The Bertz CT molecular complexity index is 1320. The van der Waals surface area contributed by atoms with Crippen LogP contribution in [0.25, 0.3) is 16.6 Å². The Balaban J connectivity index is 1.66. The smallest absolute Gasteiger partial charge is 0.266 e. The number of rotatable bonds is 7. The normalized spacial score (nSPS) is 10.8. The molecule has 0 atom stereocenters. The number of ether oxygens (including phenoxy) is 1. The number of carbonyl (C=O) groups is 1.